The zero-order valence-electron chi connectivity index (χ0n) is 22.6. The summed E-state index contributed by atoms with van der Waals surface area (Å²) in [5.74, 6) is 0.616. The van der Waals surface area contributed by atoms with E-state index in [1.165, 1.54) is 11.1 Å². The molecule has 4 aromatic rings. The summed E-state index contributed by atoms with van der Waals surface area (Å²) in [5.41, 5.74) is 12.5. The number of aromatic nitrogens is 3. The van der Waals surface area contributed by atoms with E-state index in [1.807, 2.05) is 23.2 Å². The van der Waals surface area contributed by atoms with Crippen LogP contribution in [0.3, 0.4) is 0 Å². The number of nitrogens with zero attached hydrogens (tertiary/aromatic N) is 5. The molecule has 2 aromatic heterocycles. The Labute approximate surface area is 235 Å². The van der Waals surface area contributed by atoms with Crippen molar-refractivity contribution in [3.63, 3.8) is 0 Å². The molecule has 7 rings (SSSR count). The van der Waals surface area contributed by atoms with Crippen molar-refractivity contribution in [1.29, 1.82) is 0 Å². The maximum Gasteiger partial charge on any atom is 0.273 e. The van der Waals surface area contributed by atoms with E-state index >= 15 is 0 Å². The van der Waals surface area contributed by atoms with E-state index in [1.54, 1.807) is 0 Å². The number of hydrogen-bond acceptors (Lipinski definition) is 5. The van der Waals surface area contributed by atoms with Gasteiger partial charge in [0.25, 0.3) is 5.91 Å². The first-order valence-electron chi connectivity index (χ1n) is 14.1. The Bertz CT molecular complexity index is 1660. The molecule has 2 N–H and O–H groups in total. The highest BCUT2D eigenvalue weighted by atomic mass is 31.0. The molecule has 2 amide bonds. The standard InChI is InChI=1S/C31H33N6O2P/c1-18-23-5-3-2-4-19(23)11-13-36(18)30(39)25-15-27(20-6-7-20)37-17-26(34-31(37)33-25)24-9-8-22(14-28(24)40)35-12-10-21(16-35)29(32)38/h2-5,8-9,14-15,17-18,20-21H,6-7,10-13,16,40H2,1H3,(H2,32,38)/t18?,21-/m0/s1. The third kappa shape index (κ3) is 4.35. The van der Waals surface area contributed by atoms with Crippen molar-refractivity contribution in [1.82, 2.24) is 19.3 Å². The minimum atomic E-state index is -0.230. The normalized spacial score (nSPS) is 20.6. The van der Waals surface area contributed by atoms with E-state index in [9.17, 15) is 9.59 Å². The largest absolute Gasteiger partial charge is 0.371 e. The molecule has 204 valence electrons. The number of imidazole rings is 1. The summed E-state index contributed by atoms with van der Waals surface area (Å²) in [5, 5.41) is 1.02. The second-order valence-corrected chi connectivity index (χ2v) is 12.0. The molecule has 0 bridgehead atoms. The van der Waals surface area contributed by atoms with Gasteiger partial charge in [0.05, 0.1) is 17.7 Å². The van der Waals surface area contributed by atoms with Gasteiger partial charge in [-0.1, -0.05) is 30.3 Å². The number of carbonyl (C=O) groups is 2. The van der Waals surface area contributed by atoms with Gasteiger partial charge in [-0.2, -0.15) is 0 Å². The van der Waals surface area contributed by atoms with Crippen LogP contribution >= 0.6 is 9.24 Å². The number of nitrogens with two attached hydrogens (primary N) is 1. The first-order valence-corrected chi connectivity index (χ1v) is 14.7. The molecule has 1 saturated carbocycles. The second-order valence-electron chi connectivity index (χ2n) is 11.4. The van der Waals surface area contributed by atoms with Crippen LogP contribution in [0.4, 0.5) is 5.69 Å². The summed E-state index contributed by atoms with van der Waals surface area (Å²) in [6, 6.07) is 16.6. The van der Waals surface area contributed by atoms with Crippen molar-refractivity contribution in [2.45, 2.75) is 44.6 Å². The monoisotopic (exact) mass is 552 g/mol. The van der Waals surface area contributed by atoms with Crippen LogP contribution < -0.4 is 15.9 Å². The highest BCUT2D eigenvalue weighted by molar-refractivity contribution is 7.28. The molecule has 0 spiro atoms. The molecular weight excluding hydrogens is 519 g/mol. The summed E-state index contributed by atoms with van der Waals surface area (Å²) >= 11 is 0. The first kappa shape index (κ1) is 25.2. The fourth-order valence-corrected chi connectivity index (χ4v) is 6.74. The molecule has 2 aromatic carbocycles. The smallest absolute Gasteiger partial charge is 0.273 e. The molecule has 9 heteroatoms. The predicted octanol–water partition coefficient (Wildman–Crippen LogP) is 3.85. The molecule has 3 aliphatic rings. The van der Waals surface area contributed by atoms with Gasteiger partial charge in [-0.25, -0.2) is 9.97 Å². The van der Waals surface area contributed by atoms with Crippen molar-refractivity contribution < 1.29 is 9.59 Å². The second kappa shape index (κ2) is 9.70. The molecule has 0 radical (unpaired) electrons. The lowest BCUT2D eigenvalue weighted by molar-refractivity contribution is -0.121. The average molecular weight is 553 g/mol. The SMILES string of the molecule is CC1c2ccccc2CCN1C(=O)c1cc(C2CC2)n2cc(-c3ccc(N4CC[C@H](C(N)=O)C4)cc3P)nc2n1. The van der Waals surface area contributed by atoms with Gasteiger partial charge < -0.3 is 15.5 Å². The number of primary amides is 1. The molecule has 2 fully saturated rings. The number of anilines is 1. The maximum atomic E-state index is 13.8. The lowest BCUT2D eigenvalue weighted by Crippen LogP contribution is -2.39. The lowest BCUT2D eigenvalue weighted by Gasteiger charge is -2.35. The Morgan fingerprint density at radius 3 is 2.60 bits per heavy atom. The van der Waals surface area contributed by atoms with Crippen molar-refractivity contribution >= 4 is 37.8 Å². The van der Waals surface area contributed by atoms with E-state index in [4.69, 9.17) is 15.7 Å². The van der Waals surface area contributed by atoms with Crippen molar-refractivity contribution in [3.05, 3.63) is 77.2 Å². The Kier molecular flexibility index (Phi) is 6.12. The summed E-state index contributed by atoms with van der Waals surface area (Å²) < 4.78 is 2.06. The van der Waals surface area contributed by atoms with E-state index < -0.39 is 0 Å². The van der Waals surface area contributed by atoms with Crippen LogP contribution in [0.15, 0.2) is 54.7 Å². The molecule has 1 aliphatic carbocycles. The summed E-state index contributed by atoms with van der Waals surface area (Å²) in [6.07, 6.45) is 5.91. The molecular formula is C31H33N6O2P. The van der Waals surface area contributed by atoms with Crippen LogP contribution in [-0.4, -0.2) is 50.7 Å². The molecule has 40 heavy (non-hydrogen) atoms. The van der Waals surface area contributed by atoms with Crippen LogP contribution in [0.5, 0.6) is 0 Å². The summed E-state index contributed by atoms with van der Waals surface area (Å²) in [4.78, 5) is 39.3. The van der Waals surface area contributed by atoms with Crippen LogP contribution in [0, 0.1) is 5.92 Å². The van der Waals surface area contributed by atoms with Gasteiger partial charge in [-0.3, -0.25) is 14.0 Å². The minimum absolute atomic E-state index is 0.00204. The highest BCUT2D eigenvalue weighted by Crippen LogP contribution is 2.41. The van der Waals surface area contributed by atoms with Gasteiger partial charge >= 0.3 is 0 Å². The van der Waals surface area contributed by atoms with E-state index in [0.29, 0.717) is 30.5 Å². The number of benzene rings is 2. The number of carbonyl (C=O) groups excluding carboxylic acids is 2. The molecule has 1 saturated heterocycles. The number of hydrogen-bond donors (Lipinski definition) is 1. The Balaban J connectivity index is 1.21. The zero-order chi connectivity index (χ0) is 27.5. The quantitative estimate of drug-likeness (QED) is 0.380. The molecule has 3 atom stereocenters. The topological polar surface area (TPSA) is 96.8 Å². The van der Waals surface area contributed by atoms with Crippen molar-refractivity contribution in [2.24, 2.45) is 11.7 Å². The minimum Gasteiger partial charge on any atom is -0.371 e. The fourth-order valence-electron chi connectivity index (χ4n) is 6.33. The Hall–Kier alpha value is -3.77. The van der Waals surface area contributed by atoms with Gasteiger partial charge in [-0.05, 0) is 73.2 Å². The highest BCUT2D eigenvalue weighted by Gasteiger charge is 2.32. The fraction of sp³-hybridized carbons (Fsp3) is 0.355. The lowest BCUT2D eigenvalue weighted by atomic mass is 9.93. The first-order chi connectivity index (χ1) is 19.4. The molecule has 4 heterocycles. The van der Waals surface area contributed by atoms with Gasteiger partial charge in [0.2, 0.25) is 11.7 Å². The van der Waals surface area contributed by atoms with Gasteiger partial charge in [0.15, 0.2) is 0 Å². The third-order valence-corrected chi connectivity index (χ3v) is 9.29. The average Bonchev–Trinajstić information content (AvgIpc) is 3.51. The molecule has 2 aliphatic heterocycles. The van der Waals surface area contributed by atoms with Gasteiger partial charge in [-0.15, -0.1) is 9.24 Å². The van der Waals surface area contributed by atoms with E-state index in [2.05, 4.69) is 61.9 Å². The van der Waals surface area contributed by atoms with Crippen molar-refractivity contribution in [2.75, 3.05) is 24.5 Å². The zero-order valence-corrected chi connectivity index (χ0v) is 23.7. The van der Waals surface area contributed by atoms with Crippen LogP contribution in [0.25, 0.3) is 17.0 Å². The molecule has 2 unspecified atom stereocenters. The third-order valence-electron chi connectivity index (χ3n) is 8.81. The Morgan fingerprint density at radius 1 is 1.02 bits per heavy atom. The maximum absolute atomic E-state index is 13.8. The van der Waals surface area contributed by atoms with Crippen LogP contribution in [-0.2, 0) is 11.2 Å². The van der Waals surface area contributed by atoms with Crippen LogP contribution in [0.1, 0.15) is 65.5 Å². The Morgan fingerprint density at radius 2 is 1.85 bits per heavy atom. The van der Waals surface area contributed by atoms with Crippen molar-refractivity contribution in [3.8, 4) is 11.3 Å². The summed E-state index contributed by atoms with van der Waals surface area (Å²) in [6.45, 7) is 4.25. The van der Waals surface area contributed by atoms with E-state index in [-0.39, 0.29) is 23.8 Å². The van der Waals surface area contributed by atoms with Gasteiger partial charge in [0.1, 0.15) is 5.69 Å². The summed E-state index contributed by atoms with van der Waals surface area (Å²) in [7, 11) is 2.83. The van der Waals surface area contributed by atoms with E-state index in [0.717, 1.165) is 60.2 Å². The van der Waals surface area contributed by atoms with Crippen LogP contribution in [0.2, 0.25) is 0 Å². The molecule has 8 nitrogen and oxygen atoms in total. The predicted molar refractivity (Wildman–Crippen MR) is 159 cm³/mol. The number of fused-ring (bicyclic) bond motifs is 2. The number of rotatable bonds is 5. The van der Waals surface area contributed by atoms with Gasteiger partial charge in [0, 0.05) is 42.8 Å². The number of amides is 2.